The van der Waals surface area contributed by atoms with E-state index in [1.165, 1.54) is 32.1 Å². The summed E-state index contributed by atoms with van der Waals surface area (Å²) in [6.07, 6.45) is 9.79. The quantitative estimate of drug-likeness (QED) is 0.382. The first-order chi connectivity index (χ1) is 5.88. The minimum Gasteiger partial charge on any atom is -0.271 e. The molecular weight excluding hydrogens is 148 g/mol. The van der Waals surface area contributed by atoms with Crippen LogP contribution in [-0.2, 0) is 0 Å². The van der Waals surface area contributed by atoms with Gasteiger partial charge in [0.05, 0.1) is 0 Å². The fourth-order valence-corrected chi connectivity index (χ4v) is 2.11. The average Bonchev–Trinajstić information content (AvgIpc) is 2.15. The highest BCUT2D eigenvalue weighted by Gasteiger charge is 2.21. The molecule has 0 aromatic rings. The molecule has 0 amide bonds. The maximum Gasteiger partial charge on any atom is 0.0273 e. The van der Waals surface area contributed by atoms with Crippen molar-refractivity contribution in [2.75, 3.05) is 0 Å². The van der Waals surface area contributed by atoms with E-state index >= 15 is 0 Å². The summed E-state index contributed by atoms with van der Waals surface area (Å²) in [5.41, 5.74) is 2.90. The summed E-state index contributed by atoms with van der Waals surface area (Å²) in [5.74, 6) is 6.27. The highest BCUT2D eigenvalue weighted by molar-refractivity contribution is 4.83. The Bertz CT molecular complexity index is 128. The predicted octanol–water partition coefficient (Wildman–Crippen LogP) is 1.97. The van der Waals surface area contributed by atoms with Gasteiger partial charge in [-0.15, -0.1) is 6.58 Å². The first kappa shape index (κ1) is 9.75. The van der Waals surface area contributed by atoms with Crippen molar-refractivity contribution in [1.29, 1.82) is 0 Å². The van der Waals surface area contributed by atoms with E-state index in [2.05, 4.69) is 12.0 Å². The molecule has 1 rings (SSSR count). The molecule has 2 heteroatoms. The fraction of sp³-hybridized carbons (Fsp3) is 0.800. The molecule has 0 spiro atoms. The van der Waals surface area contributed by atoms with Gasteiger partial charge in [0, 0.05) is 6.04 Å². The molecule has 0 saturated heterocycles. The summed E-state index contributed by atoms with van der Waals surface area (Å²) in [7, 11) is 0. The van der Waals surface area contributed by atoms with Gasteiger partial charge in [0.25, 0.3) is 0 Å². The van der Waals surface area contributed by atoms with Crippen molar-refractivity contribution in [3.05, 3.63) is 12.7 Å². The third-order valence-corrected chi connectivity index (χ3v) is 2.85. The van der Waals surface area contributed by atoms with Gasteiger partial charge >= 0.3 is 0 Å². The lowest BCUT2D eigenvalue weighted by molar-refractivity contribution is 0.271. The van der Waals surface area contributed by atoms with Gasteiger partial charge in [0.2, 0.25) is 0 Å². The van der Waals surface area contributed by atoms with E-state index in [0.29, 0.717) is 6.04 Å². The second-order valence-electron chi connectivity index (χ2n) is 3.70. The Morgan fingerprint density at radius 2 is 2.08 bits per heavy atom. The summed E-state index contributed by atoms with van der Waals surface area (Å²) in [5, 5.41) is 0. The molecule has 2 nitrogen and oxygen atoms in total. The van der Waals surface area contributed by atoms with E-state index in [9.17, 15) is 0 Å². The van der Waals surface area contributed by atoms with E-state index in [4.69, 9.17) is 5.84 Å². The summed E-state index contributed by atoms with van der Waals surface area (Å²) in [6, 6.07) is 0.461. The lowest BCUT2D eigenvalue weighted by Crippen LogP contribution is -2.41. The molecule has 0 aromatic heterocycles. The van der Waals surface area contributed by atoms with Crippen molar-refractivity contribution in [3.8, 4) is 0 Å². The molecule has 1 atom stereocenters. The molecule has 1 fully saturated rings. The first-order valence-corrected chi connectivity index (χ1v) is 4.95. The Morgan fingerprint density at radius 1 is 1.42 bits per heavy atom. The molecule has 1 unspecified atom stereocenters. The largest absolute Gasteiger partial charge is 0.271 e. The third kappa shape index (κ3) is 2.61. The Labute approximate surface area is 75.2 Å². The minimum absolute atomic E-state index is 0.461. The van der Waals surface area contributed by atoms with E-state index < -0.39 is 0 Å². The Hall–Kier alpha value is -0.340. The van der Waals surface area contributed by atoms with Gasteiger partial charge in [-0.05, 0) is 25.2 Å². The lowest BCUT2D eigenvalue weighted by Gasteiger charge is -2.28. The van der Waals surface area contributed by atoms with Crippen molar-refractivity contribution in [3.63, 3.8) is 0 Å². The molecule has 0 aromatic carbocycles. The van der Waals surface area contributed by atoms with Crippen LogP contribution in [0.5, 0.6) is 0 Å². The number of rotatable bonds is 4. The molecule has 1 aliphatic rings. The lowest BCUT2D eigenvalue weighted by atomic mass is 9.83. The third-order valence-electron chi connectivity index (χ3n) is 2.85. The second-order valence-corrected chi connectivity index (χ2v) is 3.70. The van der Waals surface area contributed by atoms with Crippen LogP contribution in [0, 0.1) is 5.92 Å². The van der Waals surface area contributed by atoms with Crippen LogP contribution in [0.1, 0.15) is 38.5 Å². The minimum atomic E-state index is 0.461. The second kappa shape index (κ2) is 5.33. The molecule has 0 aliphatic heterocycles. The summed E-state index contributed by atoms with van der Waals surface area (Å²) < 4.78 is 0. The summed E-state index contributed by atoms with van der Waals surface area (Å²) in [4.78, 5) is 0. The van der Waals surface area contributed by atoms with Crippen LogP contribution in [0.3, 0.4) is 0 Å². The molecule has 70 valence electrons. The molecule has 0 radical (unpaired) electrons. The highest BCUT2D eigenvalue weighted by atomic mass is 15.2. The number of hydrogen-bond donors (Lipinski definition) is 2. The van der Waals surface area contributed by atoms with Gasteiger partial charge < -0.3 is 0 Å². The summed E-state index contributed by atoms with van der Waals surface area (Å²) >= 11 is 0. The zero-order valence-electron chi connectivity index (χ0n) is 7.76. The first-order valence-electron chi connectivity index (χ1n) is 4.95. The van der Waals surface area contributed by atoms with Crippen LogP contribution in [0.15, 0.2) is 12.7 Å². The van der Waals surface area contributed by atoms with Crippen LogP contribution in [0.2, 0.25) is 0 Å². The van der Waals surface area contributed by atoms with E-state index in [-0.39, 0.29) is 0 Å². The Morgan fingerprint density at radius 3 is 2.58 bits per heavy atom. The molecule has 3 N–H and O–H groups in total. The monoisotopic (exact) mass is 168 g/mol. The maximum atomic E-state index is 5.49. The molecule has 12 heavy (non-hydrogen) atoms. The van der Waals surface area contributed by atoms with Gasteiger partial charge in [-0.1, -0.05) is 25.3 Å². The van der Waals surface area contributed by atoms with E-state index in [1.54, 1.807) is 0 Å². The normalized spacial score (nSPS) is 22.1. The zero-order chi connectivity index (χ0) is 8.81. The number of nitrogens with two attached hydrogens (primary N) is 1. The predicted molar refractivity (Wildman–Crippen MR) is 52.5 cm³/mol. The van der Waals surface area contributed by atoms with Gasteiger partial charge in [-0.2, -0.15) is 0 Å². The van der Waals surface area contributed by atoms with Crippen molar-refractivity contribution >= 4 is 0 Å². The molecule has 0 bridgehead atoms. The van der Waals surface area contributed by atoms with Gasteiger partial charge in [-0.3, -0.25) is 11.3 Å². The fourth-order valence-electron chi connectivity index (χ4n) is 2.11. The van der Waals surface area contributed by atoms with Crippen LogP contribution < -0.4 is 11.3 Å². The van der Waals surface area contributed by atoms with Crippen LogP contribution in [0.4, 0.5) is 0 Å². The number of hydrazine groups is 1. The smallest absolute Gasteiger partial charge is 0.0273 e. The molecule has 1 aliphatic carbocycles. The number of nitrogens with one attached hydrogen (secondary N) is 1. The Balaban J connectivity index is 2.34. The highest BCUT2D eigenvalue weighted by Crippen LogP contribution is 2.27. The number of hydrogen-bond acceptors (Lipinski definition) is 2. The van der Waals surface area contributed by atoms with Crippen molar-refractivity contribution in [2.24, 2.45) is 11.8 Å². The Kier molecular flexibility index (Phi) is 4.33. The van der Waals surface area contributed by atoms with E-state index in [0.717, 1.165) is 12.3 Å². The zero-order valence-corrected chi connectivity index (χ0v) is 7.76. The maximum absolute atomic E-state index is 5.49. The van der Waals surface area contributed by atoms with Crippen LogP contribution >= 0.6 is 0 Å². The topological polar surface area (TPSA) is 38.0 Å². The molecule has 0 heterocycles. The van der Waals surface area contributed by atoms with Gasteiger partial charge in [-0.25, -0.2) is 0 Å². The van der Waals surface area contributed by atoms with Crippen LogP contribution in [0.25, 0.3) is 0 Å². The van der Waals surface area contributed by atoms with Crippen molar-refractivity contribution in [2.45, 2.75) is 44.6 Å². The summed E-state index contributed by atoms with van der Waals surface area (Å²) in [6.45, 7) is 3.75. The van der Waals surface area contributed by atoms with Gasteiger partial charge in [0.1, 0.15) is 0 Å². The van der Waals surface area contributed by atoms with E-state index in [1.807, 2.05) is 6.08 Å². The standard InChI is InChI=1S/C10H20N2/c1-2-6-10(12-11)9-7-4-3-5-8-9/h2,9-10,12H,1,3-8,11H2. The SMILES string of the molecule is C=CCC(NN)C1CCCCC1. The van der Waals surface area contributed by atoms with Crippen molar-refractivity contribution in [1.82, 2.24) is 5.43 Å². The van der Waals surface area contributed by atoms with Gasteiger partial charge in [0.15, 0.2) is 0 Å². The average molecular weight is 168 g/mol. The van der Waals surface area contributed by atoms with Crippen LogP contribution in [-0.4, -0.2) is 6.04 Å². The molecular formula is C10H20N2. The molecule has 1 saturated carbocycles. The van der Waals surface area contributed by atoms with Crippen molar-refractivity contribution < 1.29 is 0 Å².